The van der Waals surface area contributed by atoms with Crippen LogP contribution in [-0.4, -0.2) is 11.8 Å². The number of rotatable bonds is 4. The summed E-state index contributed by atoms with van der Waals surface area (Å²) in [5.41, 5.74) is 2.24. The number of amides is 2. The Morgan fingerprint density at radius 1 is 1.15 bits per heavy atom. The van der Waals surface area contributed by atoms with E-state index in [1.165, 1.54) is 11.3 Å². The van der Waals surface area contributed by atoms with Crippen LogP contribution in [-0.2, 0) is 15.1 Å². The number of nitrogens with zero attached hydrogens (tertiary/aromatic N) is 1. The van der Waals surface area contributed by atoms with Crippen molar-refractivity contribution in [3.8, 4) is 0 Å². The second-order valence-electron chi connectivity index (χ2n) is 6.52. The number of carbonyl (C=O) groups is 2. The van der Waals surface area contributed by atoms with E-state index in [0.717, 1.165) is 21.3 Å². The van der Waals surface area contributed by atoms with Gasteiger partial charge in [-0.2, -0.15) is 11.3 Å². The summed E-state index contributed by atoms with van der Waals surface area (Å²) in [5.74, 6) is -0.263. The zero-order chi connectivity index (χ0) is 19.0. The lowest BCUT2D eigenvalue weighted by molar-refractivity contribution is -0.137. The van der Waals surface area contributed by atoms with Gasteiger partial charge in [0, 0.05) is 15.8 Å². The second kappa shape index (κ2) is 6.94. The second-order valence-corrected chi connectivity index (χ2v) is 8.22. The van der Waals surface area contributed by atoms with E-state index >= 15 is 0 Å². The summed E-state index contributed by atoms with van der Waals surface area (Å²) < 4.78 is 0.921. The zero-order valence-corrected chi connectivity index (χ0v) is 17.0. The third kappa shape index (κ3) is 2.99. The molecule has 4 rings (SSSR count). The van der Waals surface area contributed by atoms with Gasteiger partial charge in [-0.3, -0.25) is 14.5 Å². The number of halogens is 1. The molecule has 2 amide bonds. The molecule has 0 aliphatic carbocycles. The van der Waals surface area contributed by atoms with E-state index in [9.17, 15) is 9.59 Å². The Bertz CT molecular complexity index is 1000. The van der Waals surface area contributed by atoms with Crippen molar-refractivity contribution in [2.24, 2.45) is 0 Å². The fourth-order valence-electron chi connectivity index (χ4n) is 3.44. The van der Waals surface area contributed by atoms with Crippen molar-refractivity contribution in [3.63, 3.8) is 0 Å². The number of β-lactam (4-membered cyclic amide) rings is 1. The normalized spacial score (nSPS) is 18.9. The van der Waals surface area contributed by atoms with Gasteiger partial charge in [0.15, 0.2) is 5.54 Å². The van der Waals surface area contributed by atoms with Crippen LogP contribution in [0.2, 0.25) is 0 Å². The first-order valence-corrected chi connectivity index (χ1v) is 10.2. The van der Waals surface area contributed by atoms with E-state index in [1.54, 1.807) is 4.90 Å². The molecule has 1 aliphatic rings. The Labute approximate surface area is 170 Å². The zero-order valence-electron chi connectivity index (χ0n) is 14.6. The van der Waals surface area contributed by atoms with Gasteiger partial charge in [-0.05, 0) is 65.2 Å². The van der Waals surface area contributed by atoms with Crippen molar-refractivity contribution in [2.45, 2.75) is 18.9 Å². The van der Waals surface area contributed by atoms with Crippen LogP contribution in [0.5, 0.6) is 0 Å². The number of thiophene rings is 1. The average molecular weight is 441 g/mol. The van der Waals surface area contributed by atoms with Crippen molar-refractivity contribution < 1.29 is 9.59 Å². The number of nitrogens with one attached hydrogen (secondary N) is 1. The van der Waals surface area contributed by atoms with Crippen LogP contribution in [0.4, 0.5) is 11.4 Å². The molecule has 6 heteroatoms. The van der Waals surface area contributed by atoms with E-state index in [0.29, 0.717) is 5.69 Å². The molecule has 2 heterocycles. The van der Waals surface area contributed by atoms with Crippen LogP contribution in [0.25, 0.3) is 0 Å². The molecule has 136 valence electrons. The molecule has 0 saturated carbocycles. The molecule has 1 aromatic heterocycles. The molecule has 4 nitrogen and oxygen atoms in total. The highest BCUT2D eigenvalue weighted by atomic mass is 79.9. The quantitative estimate of drug-likeness (QED) is 0.574. The van der Waals surface area contributed by atoms with Crippen molar-refractivity contribution in [1.82, 2.24) is 0 Å². The lowest BCUT2D eigenvalue weighted by Crippen LogP contribution is -2.67. The molecule has 1 unspecified atom stereocenters. The topological polar surface area (TPSA) is 49.4 Å². The number of benzene rings is 2. The minimum Gasteiger partial charge on any atom is -0.323 e. The van der Waals surface area contributed by atoms with Crippen LogP contribution in [0.3, 0.4) is 0 Å². The number of carbonyl (C=O) groups excluding carboxylic acids is 2. The number of anilines is 2. The Balaban J connectivity index is 1.77. The minimum atomic E-state index is -1.03. The van der Waals surface area contributed by atoms with Gasteiger partial charge in [-0.15, -0.1) is 0 Å². The number of hydrogen-bond donors (Lipinski definition) is 1. The van der Waals surface area contributed by atoms with Crippen LogP contribution in [0.1, 0.15) is 17.5 Å². The smallest absolute Gasteiger partial charge is 0.255 e. The molecule has 1 fully saturated rings. The first-order chi connectivity index (χ1) is 13.0. The summed E-state index contributed by atoms with van der Waals surface area (Å²) in [7, 11) is 0. The molecule has 0 radical (unpaired) electrons. The summed E-state index contributed by atoms with van der Waals surface area (Å²) in [6, 6.07) is 17.0. The lowest BCUT2D eigenvalue weighted by atomic mass is 9.77. The summed E-state index contributed by atoms with van der Waals surface area (Å²) in [5, 5.41) is 6.91. The standard InChI is InChI=1S/C21H17BrN2O2S/c1-14-4-2-3-5-18(14)23-20(26)21(15-10-11-27-13-15)12-19(25)24(21)17-8-6-16(22)7-9-17/h2-11,13H,12H2,1H3,(H,23,26). The summed E-state index contributed by atoms with van der Waals surface area (Å²) >= 11 is 4.93. The third-order valence-electron chi connectivity index (χ3n) is 4.89. The van der Waals surface area contributed by atoms with Crippen molar-refractivity contribution in [3.05, 3.63) is 81.0 Å². The predicted molar refractivity (Wildman–Crippen MR) is 112 cm³/mol. The predicted octanol–water partition coefficient (Wildman–Crippen LogP) is 5.09. The van der Waals surface area contributed by atoms with Gasteiger partial charge in [0.1, 0.15) is 0 Å². The third-order valence-corrected chi connectivity index (χ3v) is 6.10. The Kier molecular flexibility index (Phi) is 4.61. The van der Waals surface area contributed by atoms with Gasteiger partial charge >= 0.3 is 0 Å². The number of para-hydroxylation sites is 1. The van der Waals surface area contributed by atoms with Crippen molar-refractivity contribution in [1.29, 1.82) is 0 Å². The Morgan fingerprint density at radius 3 is 2.52 bits per heavy atom. The van der Waals surface area contributed by atoms with Gasteiger partial charge in [0.25, 0.3) is 5.91 Å². The SMILES string of the molecule is Cc1ccccc1NC(=O)C1(c2ccsc2)CC(=O)N1c1ccc(Br)cc1. The molecule has 1 saturated heterocycles. The highest BCUT2D eigenvalue weighted by molar-refractivity contribution is 9.10. The number of hydrogen-bond acceptors (Lipinski definition) is 3. The lowest BCUT2D eigenvalue weighted by Gasteiger charge is -2.50. The Morgan fingerprint density at radius 2 is 1.89 bits per heavy atom. The molecule has 1 atom stereocenters. The van der Waals surface area contributed by atoms with E-state index in [-0.39, 0.29) is 18.2 Å². The maximum absolute atomic E-state index is 13.5. The molecular weight excluding hydrogens is 424 g/mol. The summed E-state index contributed by atoms with van der Waals surface area (Å²) in [4.78, 5) is 27.6. The van der Waals surface area contributed by atoms with Crippen LogP contribution < -0.4 is 10.2 Å². The van der Waals surface area contributed by atoms with E-state index in [1.807, 2.05) is 72.3 Å². The maximum Gasteiger partial charge on any atom is 0.255 e. The molecule has 1 N–H and O–H groups in total. The molecule has 3 aromatic rings. The van der Waals surface area contributed by atoms with Gasteiger partial charge in [-0.1, -0.05) is 34.1 Å². The summed E-state index contributed by atoms with van der Waals surface area (Å²) in [6.07, 6.45) is 0.150. The fourth-order valence-corrected chi connectivity index (χ4v) is 4.42. The van der Waals surface area contributed by atoms with Gasteiger partial charge in [-0.25, -0.2) is 0 Å². The fraction of sp³-hybridized carbons (Fsp3) is 0.143. The highest BCUT2D eigenvalue weighted by Crippen LogP contribution is 2.46. The first kappa shape index (κ1) is 17.9. The number of aryl methyl sites for hydroxylation is 1. The van der Waals surface area contributed by atoms with Gasteiger partial charge < -0.3 is 5.32 Å². The van der Waals surface area contributed by atoms with Crippen molar-refractivity contribution in [2.75, 3.05) is 10.2 Å². The molecule has 0 spiro atoms. The van der Waals surface area contributed by atoms with E-state index in [2.05, 4.69) is 21.2 Å². The highest BCUT2D eigenvalue weighted by Gasteiger charge is 2.58. The van der Waals surface area contributed by atoms with Crippen LogP contribution in [0, 0.1) is 6.92 Å². The van der Waals surface area contributed by atoms with Crippen LogP contribution in [0.15, 0.2) is 69.8 Å². The minimum absolute atomic E-state index is 0.0662. The van der Waals surface area contributed by atoms with E-state index in [4.69, 9.17) is 0 Å². The molecule has 27 heavy (non-hydrogen) atoms. The van der Waals surface area contributed by atoms with E-state index < -0.39 is 5.54 Å². The average Bonchev–Trinajstić information content (AvgIpc) is 3.17. The molecule has 0 bridgehead atoms. The van der Waals surface area contributed by atoms with Gasteiger partial charge in [0.05, 0.1) is 6.42 Å². The summed E-state index contributed by atoms with van der Waals surface area (Å²) in [6.45, 7) is 1.95. The monoisotopic (exact) mass is 440 g/mol. The molecular formula is C21H17BrN2O2S. The first-order valence-electron chi connectivity index (χ1n) is 8.51. The maximum atomic E-state index is 13.5. The van der Waals surface area contributed by atoms with Crippen molar-refractivity contribution >= 4 is 50.5 Å². The largest absolute Gasteiger partial charge is 0.323 e. The Hall–Kier alpha value is -2.44. The molecule has 2 aromatic carbocycles. The molecule has 1 aliphatic heterocycles. The van der Waals surface area contributed by atoms with Crippen LogP contribution >= 0.6 is 27.3 Å². The van der Waals surface area contributed by atoms with Gasteiger partial charge in [0.2, 0.25) is 5.91 Å².